The number of nitrogens with zero attached hydrogens (tertiary/aromatic N) is 5. The minimum Gasteiger partial charge on any atom is -0.341 e. The summed E-state index contributed by atoms with van der Waals surface area (Å²) >= 11 is 1.42. The average molecular weight is 391 g/mol. The molecule has 0 aliphatic rings. The fourth-order valence-corrected chi connectivity index (χ4v) is 3.15. The molecule has 2 aromatic heterocycles. The molecule has 0 saturated carbocycles. The lowest BCUT2D eigenvalue weighted by Gasteiger charge is -2.19. The number of thioether (sulfide) groups is 1. The van der Waals surface area contributed by atoms with Crippen molar-refractivity contribution in [3.05, 3.63) is 52.3 Å². The molecule has 0 unspecified atom stereocenters. The van der Waals surface area contributed by atoms with Gasteiger partial charge >= 0.3 is 0 Å². The quantitative estimate of drug-likeness (QED) is 0.626. The number of fused-ring (bicyclic) bond motifs is 1. The number of aryl methyl sites for hydroxylation is 2. The zero-order valence-electron chi connectivity index (χ0n) is 15.5. The largest absolute Gasteiger partial charge is 0.341 e. The van der Waals surface area contributed by atoms with Gasteiger partial charge in [0.15, 0.2) is 0 Å². The zero-order valence-corrected chi connectivity index (χ0v) is 16.3. The van der Waals surface area contributed by atoms with E-state index in [1.807, 2.05) is 20.1 Å². The summed E-state index contributed by atoms with van der Waals surface area (Å²) in [4.78, 5) is 22.8. The van der Waals surface area contributed by atoms with Gasteiger partial charge in [-0.25, -0.2) is 18.3 Å². The van der Waals surface area contributed by atoms with Crippen molar-refractivity contribution >= 4 is 23.4 Å². The normalized spacial score (nSPS) is 11.2. The van der Waals surface area contributed by atoms with Crippen LogP contribution in [0.1, 0.15) is 22.5 Å². The van der Waals surface area contributed by atoms with E-state index in [1.54, 1.807) is 11.6 Å². The molecule has 0 atom stereocenters. The lowest BCUT2D eigenvalue weighted by Crippen LogP contribution is -2.29. The van der Waals surface area contributed by atoms with Gasteiger partial charge in [0.2, 0.25) is 11.1 Å². The SMILES string of the molecule is CSc1nc2nc(C)c(CC(=O)N(C)Cc3ccc(F)cc3F)c(C)n2n1. The van der Waals surface area contributed by atoms with Crippen LogP contribution in [0.2, 0.25) is 0 Å². The number of halogens is 2. The molecule has 6 nitrogen and oxygen atoms in total. The standard InChI is InChI=1S/C18H19F2N5OS/c1-10-14(11(2)25-17(21-10)22-18(23-25)27-4)8-16(26)24(3)9-12-5-6-13(19)7-15(12)20/h5-7H,8-9H2,1-4H3. The van der Waals surface area contributed by atoms with E-state index in [2.05, 4.69) is 15.1 Å². The lowest BCUT2D eigenvalue weighted by atomic mass is 10.1. The molecule has 0 N–H and O–H groups in total. The Morgan fingerprint density at radius 1 is 1.26 bits per heavy atom. The van der Waals surface area contributed by atoms with Crippen molar-refractivity contribution in [2.24, 2.45) is 0 Å². The van der Waals surface area contributed by atoms with Crippen LogP contribution in [0.25, 0.3) is 5.78 Å². The Bertz CT molecular complexity index is 1020. The van der Waals surface area contributed by atoms with Crippen molar-refractivity contribution in [2.75, 3.05) is 13.3 Å². The predicted molar refractivity (Wildman–Crippen MR) is 98.6 cm³/mol. The molecule has 9 heteroatoms. The molecule has 1 aromatic carbocycles. The fraction of sp³-hybridized carbons (Fsp3) is 0.333. The third-order valence-corrected chi connectivity index (χ3v) is 4.93. The molecule has 27 heavy (non-hydrogen) atoms. The summed E-state index contributed by atoms with van der Waals surface area (Å²) in [7, 11) is 1.59. The second kappa shape index (κ2) is 7.59. The van der Waals surface area contributed by atoms with Crippen molar-refractivity contribution in [3.63, 3.8) is 0 Å². The third kappa shape index (κ3) is 3.92. The number of carbonyl (C=O) groups excluding carboxylic acids is 1. The molecule has 0 fully saturated rings. The summed E-state index contributed by atoms with van der Waals surface area (Å²) in [6.07, 6.45) is 1.99. The number of hydrogen-bond donors (Lipinski definition) is 0. The van der Waals surface area contributed by atoms with Gasteiger partial charge < -0.3 is 4.90 Å². The molecule has 0 aliphatic carbocycles. The highest BCUT2D eigenvalue weighted by molar-refractivity contribution is 7.98. The van der Waals surface area contributed by atoms with E-state index in [0.29, 0.717) is 16.6 Å². The van der Waals surface area contributed by atoms with Crippen LogP contribution < -0.4 is 0 Å². The highest BCUT2D eigenvalue weighted by Crippen LogP contribution is 2.18. The summed E-state index contributed by atoms with van der Waals surface area (Å²) in [5.74, 6) is -1.02. The molecule has 3 aromatic rings. The van der Waals surface area contributed by atoms with Crippen LogP contribution in [0.3, 0.4) is 0 Å². The molecular formula is C18H19F2N5OS. The second-order valence-corrected chi connectivity index (χ2v) is 7.01. The molecule has 0 bridgehead atoms. The Labute approximate surface area is 159 Å². The van der Waals surface area contributed by atoms with Gasteiger partial charge in [-0.15, -0.1) is 5.10 Å². The van der Waals surface area contributed by atoms with Gasteiger partial charge in [-0.2, -0.15) is 4.98 Å². The summed E-state index contributed by atoms with van der Waals surface area (Å²) < 4.78 is 28.5. The Kier molecular flexibility index (Phi) is 5.41. The summed E-state index contributed by atoms with van der Waals surface area (Å²) in [5, 5.41) is 4.98. The van der Waals surface area contributed by atoms with Gasteiger partial charge in [-0.1, -0.05) is 17.8 Å². The summed E-state index contributed by atoms with van der Waals surface area (Å²) in [6.45, 7) is 3.74. The molecule has 2 heterocycles. The number of likely N-dealkylation sites (N-methyl/N-ethyl adjacent to an activating group) is 1. The van der Waals surface area contributed by atoms with Crippen molar-refractivity contribution in [2.45, 2.75) is 32.0 Å². The maximum atomic E-state index is 13.8. The van der Waals surface area contributed by atoms with Crippen LogP contribution in [0.4, 0.5) is 8.78 Å². The van der Waals surface area contributed by atoms with Crippen LogP contribution in [0, 0.1) is 25.5 Å². The minimum absolute atomic E-state index is 0.0542. The van der Waals surface area contributed by atoms with Crippen molar-refractivity contribution in [1.29, 1.82) is 0 Å². The second-order valence-electron chi connectivity index (χ2n) is 6.23. The number of benzene rings is 1. The minimum atomic E-state index is -0.669. The topological polar surface area (TPSA) is 63.4 Å². The first-order valence-corrected chi connectivity index (χ1v) is 9.47. The van der Waals surface area contributed by atoms with Gasteiger partial charge in [0, 0.05) is 42.2 Å². The Morgan fingerprint density at radius 3 is 2.67 bits per heavy atom. The molecule has 0 radical (unpaired) electrons. The highest BCUT2D eigenvalue weighted by Gasteiger charge is 2.19. The molecule has 0 saturated heterocycles. The van der Waals surface area contributed by atoms with E-state index in [0.717, 1.165) is 17.3 Å². The first kappa shape index (κ1) is 19.2. The van der Waals surface area contributed by atoms with E-state index >= 15 is 0 Å². The zero-order chi connectivity index (χ0) is 19.7. The van der Waals surface area contributed by atoms with E-state index < -0.39 is 11.6 Å². The fourth-order valence-electron chi connectivity index (χ4n) is 2.81. The van der Waals surface area contributed by atoms with Crippen LogP contribution in [0.15, 0.2) is 23.4 Å². The monoisotopic (exact) mass is 391 g/mol. The van der Waals surface area contributed by atoms with E-state index in [9.17, 15) is 13.6 Å². The number of amides is 1. The van der Waals surface area contributed by atoms with Crippen molar-refractivity contribution in [1.82, 2.24) is 24.5 Å². The van der Waals surface area contributed by atoms with Gasteiger partial charge in [-0.3, -0.25) is 4.79 Å². The van der Waals surface area contributed by atoms with E-state index in [4.69, 9.17) is 0 Å². The number of rotatable bonds is 5. The molecule has 0 spiro atoms. The first-order chi connectivity index (χ1) is 12.8. The summed E-state index contributed by atoms with van der Waals surface area (Å²) in [6, 6.07) is 3.34. The Morgan fingerprint density at radius 2 is 2.00 bits per heavy atom. The van der Waals surface area contributed by atoms with Gasteiger partial charge in [-0.05, 0) is 26.2 Å². The van der Waals surface area contributed by atoms with Crippen LogP contribution in [0.5, 0.6) is 0 Å². The maximum Gasteiger partial charge on any atom is 0.253 e. The van der Waals surface area contributed by atoms with Crippen LogP contribution in [-0.4, -0.2) is 43.7 Å². The van der Waals surface area contributed by atoms with E-state index in [-0.39, 0.29) is 24.4 Å². The molecule has 142 valence electrons. The van der Waals surface area contributed by atoms with Crippen molar-refractivity contribution < 1.29 is 13.6 Å². The number of carbonyl (C=O) groups is 1. The molecule has 3 rings (SSSR count). The van der Waals surface area contributed by atoms with Crippen LogP contribution >= 0.6 is 11.8 Å². The predicted octanol–water partition coefficient (Wildman–Crippen LogP) is 2.94. The Balaban J connectivity index is 1.82. The highest BCUT2D eigenvalue weighted by atomic mass is 32.2. The van der Waals surface area contributed by atoms with Crippen molar-refractivity contribution in [3.8, 4) is 0 Å². The molecular weight excluding hydrogens is 372 g/mol. The third-order valence-electron chi connectivity index (χ3n) is 4.39. The Hall–Kier alpha value is -2.55. The molecule has 1 amide bonds. The van der Waals surface area contributed by atoms with Crippen LogP contribution in [-0.2, 0) is 17.8 Å². The maximum absolute atomic E-state index is 13.8. The number of aromatic nitrogens is 4. The first-order valence-electron chi connectivity index (χ1n) is 8.25. The number of hydrogen-bond acceptors (Lipinski definition) is 5. The smallest absolute Gasteiger partial charge is 0.253 e. The lowest BCUT2D eigenvalue weighted by molar-refractivity contribution is -0.129. The van der Waals surface area contributed by atoms with Gasteiger partial charge in [0.1, 0.15) is 11.6 Å². The summed E-state index contributed by atoms with van der Waals surface area (Å²) in [5.41, 5.74) is 2.52. The van der Waals surface area contributed by atoms with Gasteiger partial charge in [0.05, 0.1) is 6.42 Å². The van der Waals surface area contributed by atoms with Gasteiger partial charge in [0.25, 0.3) is 5.78 Å². The van der Waals surface area contributed by atoms with E-state index in [1.165, 1.54) is 28.8 Å². The average Bonchev–Trinajstić information content (AvgIpc) is 3.04. The molecule has 0 aliphatic heterocycles.